The van der Waals surface area contributed by atoms with Gasteiger partial charge >= 0.3 is 0 Å². The maximum absolute atomic E-state index is 10.5. The van der Waals surface area contributed by atoms with Crippen LogP contribution in [-0.4, -0.2) is 47.6 Å². The van der Waals surface area contributed by atoms with E-state index in [4.69, 9.17) is 19.9 Å². The molecule has 0 amide bonds. The molecular formula is C10H16O6S. The van der Waals surface area contributed by atoms with E-state index in [1.807, 2.05) is 6.92 Å². The first kappa shape index (κ1) is 16.0. The lowest BCUT2D eigenvalue weighted by Crippen LogP contribution is -2.15. The summed E-state index contributed by atoms with van der Waals surface area (Å²) in [6, 6.07) is 5.99. The van der Waals surface area contributed by atoms with E-state index >= 15 is 0 Å². The summed E-state index contributed by atoms with van der Waals surface area (Å²) in [5.41, 5.74) is 0.956. The number of aliphatic hydroxyl groups excluding tert-OH is 3. The van der Waals surface area contributed by atoms with Crippen molar-refractivity contribution in [3.63, 3.8) is 0 Å². The van der Waals surface area contributed by atoms with Crippen molar-refractivity contribution in [3.8, 4) is 0 Å². The Labute approximate surface area is 99.9 Å². The summed E-state index contributed by atoms with van der Waals surface area (Å²) in [6.45, 7) is 1.11. The molecule has 1 rings (SSSR count). The second-order valence-corrected chi connectivity index (χ2v) is 4.73. The quantitative estimate of drug-likeness (QED) is 0.551. The van der Waals surface area contributed by atoms with E-state index in [0.29, 0.717) is 0 Å². The highest BCUT2D eigenvalue weighted by Gasteiger charge is 2.06. The minimum atomic E-state index is -4.02. The van der Waals surface area contributed by atoms with Crippen molar-refractivity contribution in [1.82, 2.24) is 0 Å². The van der Waals surface area contributed by atoms with Crippen molar-refractivity contribution >= 4 is 10.1 Å². The molecule has 0 radical (unpaired) electrons. The Bertz CT molecular complexity index is 407. The summed E-state index contributed by atoms with van der Waals surface area (Å²) in [5, 5.41) is 24.0. The molecule has 0 spiro atoms. The molecule has 0 heterocycles. The standard InChI is InChI=1S/C7H8O3S.C3H8O3/c1-6-2-4-7(5-3-6)11(8,9)10;4-1-3(6)2-5/h2-5H,1H3,(H,8,9,10);3-6H,1-2H2. The van der Waals surface area contributed by atoms with Gasteiger partial charge in [0.2, 0.25) is 0 Å². The van der Waals surface area contributed by atoms with Gasteiger partial charge in [-0.2, -0.15) is 8.42 Å². The third-order valence-corrected chi connectivity index (χ3v) is 2.61. The van der Waals surface area contributed by atoms with Crippen LogP contribution in [0.2, 0.25) is 0 Å². The zero-order valence-corrected chi connectivity index (χ0v) is 10.1. The van der Waals surface area contributed by atoms with Gasteiger partial charge in [0.25, 0.3) is 10.1 Å². The van der Waals surface area contributed by atoms with Crippen molar-refractivity contribution in [2.75, 3.05) is 13.2 Å². The van der Waals surface area contributed by atoms with E-state index in [-0.39, 0.29) is 18.1 Å². The van der Waals surface area contributed by atoms with Gasteiger partial charge in [-0.15, -0.1) is 0 Å². The molecule has 0 fully saturated rings. The van der Waals surface area contributed by atoms with Crippen molar-refractivity contribution in [2.45, 2.75) is 17.9 Å². The summed E-state index contributed by atoms with van der Waals surface area (Å²) in [6.07, 6.45) is -0.954. The van der Waals surface area contributed by atoms with Crippen molar-refractivity contribution in [3.05, 3.63) is 29.8 Å². The molecule has 4 N–H and O–H groups in total. The first-order valence-electron chi connectivity index (χ1n) is 4.75. The van der Waals surface area contributed by atoms with Gasteiger partial charge in [-0.05, 0) is 19.1 Å². The van der Waals surface area contributed by atoms with E-state index in [9.17, 15) is 8.42 Å². The molecule has 7 heteroatoms. The van der Waals surface area contributed by atoms with Gasteiger partial charge in [0.05, 0.1) is 18.1 Å². The fourth-order valence-corrected chi connectivity index (χ4v) is 1.25. The van der Waals surface area contributed by atoms with Gasteiger partial charge in [-0.3, -0.25) is 4.55 Å². The molecule has 0 aromatic heterocycles. The maximum Gasteiger partial charge on any atom is 0.294 e. The Morgan fingerprint density at radius 2 is 1.53 bits per heavy atom. The molecule has 0 aliphatic heterocycles. The first-order valence-corrected chi connectivity index (χ1v) is 6.19. The smallest absolute Gasteiger partial charge is 0.294 e. The van der Waals surface area contributed by atoms with E-state index < -0.39 is 16.2 Å². The van der Waals surface area contributed by atoms with Gasteiger partial charge in [-0.25, -0.2) is 0 Å². The minimum Gasteiger partial charge on any atom is -0.394 e. The summed E-state index contributed by atoms with van der Waals surface area (Å²) < 4.78 is 29.6. The van der Waals surface area contributed by atoms with Gasteiger partial charge in [-0.1, -0.05) is 17.7 Å². The molecule has 0 unspecified atom stereocenters. The summed E-state index contributed by atoms with van der Waals surface area (Å²) >= 11 is 0. The van der Waals surface area contributed by atoms with Gasteiger partial charge in [0.15, 0.2) is 0 Å². The highest BCUT2D eigenvalue weighted by atomic mass is 32.2. The average molecular weight is 264 g/mol. The van der Waals surface area contributed by atoms with Gasteiger partial charge < -0.3 is 15.3 Å². The molecule has 1 aromatic carbocycles. The van der Waals surface area contributed by atoms with Crippen LogP contribution < -0.4 is 0 Å². The number of hydrogen-bond donors (Lipinski definition) is 4. The predicted octanol–water partition coefficient (Wildman–Crippen LogP) is -0.426. The lowest BCUT2D eigenvalue weighted by molar-refractivity contribution is 0.0450. The third kappa shape index (κ3) is 7.03. The Balaban J connectivity index is 0.000000366. The summed E-state index contributed by atoms with van der Waals surface area (Å²) in [7, 11) is -4.02. The molecular weight excluding hydrogens is 248 g/mol. The number of aryl methyl sites for hydroxylation is 1. The lowest BCUT2D eigenvalue weighted by Gasteiger charge is -1.96. The number of aliphatic hydroxyl groups is 3. The Morgan fingerprint density at radius 1 is 1.12 bits per heavy atom. The lowest BCUT2D eigenvalue weighted by atomic mass is 10.2. The van der Waals surface area contributed by atoms with E-state index in [0.717, 1.165) is 5.56 Å². The van der Waals surface area contributed by atoms with Crippen LogP contribution in [-0.2, 0) is 10.1 Å². The molecule has 0 bridgehead atoms. The van der Waals surface area contributed by atoms with Crippen LogP contribution in [0.5, 0.6) is 0 Å². The van der Waals surface area contributed by atoms with E-state index in [1.165, 1.54) is 12.1 Å². The van der Waals surface area contributed by atoms with Crippen LogP contribution in [0.4, 0.5) is 0 Å². The highest BCUT2D eigenvalue weighted by molar-refractivity contribution is 7.85. The molecule has 0 saturated heterocycles. The number of hydrogen-bond acceptors (Lipinski definition) is 5. The second-order valence-electron chi connectivity index (χ2n) is 3.31. The number of benzene rings is 1. The third-order valence-electron chi connectivity index (χ3n) is 1.74. The van der Waals surface area contributed by atoms with Crippen LogP contribution >= 0.6 is 0 Å². The van der Waals surface area contributed by atoms with Crippen molar-refractivity contribution in [2.24, 2.45) is 0 Å². The largest absolute Gasteiger partial charge is 0.394 e. The van der Waals surface area contributed by atoms with Crippen LogP contribution in [0, 0.1) is 6.92 Å². The molecule has 1 aromatic rings. The second kappa shape index (κ2) is 7.36. The first-order chi connectivity index (χ1) is 7.81. The topological polar surface area (TPSA) is 115 Å². The van der Waals surface area contributed by atoms with Crippen molar-refractivity contribution < 1.29 is 28.3 Å². The molecule has 0 saturated carbocycles. The van der Waals surface area contributed by atoms with E-state index in [2.05, 4.69) is 0 Å². The highest BCUT2D eigenvalue weighted by Crippen LogP contribution is 2.08. The van der Waals surface area contributed by atoms with Crippen LogP contribution in [0.15, 0.2) is 29.2 Å². The molecule has 0 aliphatic rings. The monoisotopic (exact) mass is 264 g/mol. The molecule has 0 atom stereocenters. The van der Waals surface area contributed by atoms with Crippen molar-refractivity contribution in [1.29, 1.82) is 0 Å². The zero-order valence-electron chi connectivity index (χ0n) is 9.31. The number of rotatable bonds is 3. The summed E-state index contributed by atoms with van der Waals surface area (Å²) in [5.74, 6) is 0. The SMILES string of the molecule is Cc1ccc(S(=O)(=O)O)cc1.OCC(O)CO. The predicted molar refractivity (Wildman–Crippen MR) is 61.2 cm³/mol. The van der Waals surface area contributed by atoms with Crippen LogP contribution in [0.3, 0.4) is 0 Å². The summed E-state index contributed by atoms with van der Waals surface area (Å²) in [4.78, 5) is -0.0666. The minimum absolute atomic E-state index is 0.0666. The molecule has 17 heavy (non-hydrogen) atoms. The van der Waals surface area contributed by atoms with E-state index in [1.54, 1.807) is 12.1 Å². The Hall–Kier alpha value is -0.990. The van der Waals surface area contributed by atoms with Gasteiger partial charge in [0.1, 0.15) is 6.10 Å². The fourth-order valence-electron chi connectivity index (χ4n) is 0.768. The van der Waals surface area contributed by atoms with Crippen LogP contribution in [0.25, 0.3) is 0 Å². The van der Waals surface area contributed by atoms with Gasteiger partial charge in [0, 0.05) is 0 Å². The zero-order chi connectivity index (χ0) is 13.5. The Morgan fingerprint density at radius 3 is 1.76 bits per heavy atom. The fraction of sp³-hybridized carbons (Fsp3) is 0.400. The van der Waals surface area contributed by atoms with Crippen LogP contribution in [0.1, 0.15) is 5.56 Å². The normalized spacial score (nSPS) is 10.9. The Kier molecular flexibility index (Phi) is 6.93. The molecule has 98 valence electrons. The molecule has 6 nitrogen and oxygen atoms in total. The average Bonchev–Trinajstić information content (AvgIpc) is 2.28. The molecule has 0 aliphatic carbocycles. The maximum atomic E-state index is 10.5.